The van der Waals surface area contributed by atoms with Crippen LogP contribution in [0.2, 0.25) is 0 Å². The molecule has 254 valence electrons. The second kappa shape index (κ2) is 17.9. The van der Waals surface area contributed by atoms with Crippen molar-refractivity contribution in [2.45, 2.75) is 92.1 Å². The first kappa shape index (κ1) is 36.8. The molecule has 0 radical (unpaired) electrons. The number of ether oxygens (including phenoxy) is 14. The van der Waals surface area contributed by atoms with Gasteiger partial charge in [-0.3, -0.25) is 0 Å². The first-order valence-corrected chi connectivity index (χ1v) is 14.1. The molecule has 16 heteroatoms. The molecule has 0 aromatic carbocycles. The molecule has 0 spiro atoms. The summed E-state index contributed by atoms with van der Waals surface area (Å²) in [5.74, 6) is 0. The molecule has 0 amide bonds. The predicted octanol–water partition coefficient (Wildman–Crippen LogP) is -1.69. The van der Waals surface area contributed by atoms with Gasteiger partial charge in [0.1, 0.15) is 73.2 Å². The second-order valence-corrected chi connectivity index (χ2v) is 10.4. The molecule has 3 fully saturated rings. The lowest BCUT2D eigenvalue weighted by Crippen LogP contribution is -2.67. The predicted molar refractivity (Wildman–Crippen MR) is 144 cm³/mol. The summed E-state index contributed by atoms with van der Waals surface area (Å²) < 4.78 is 81.5. The van der Waals surface area contributed by atoms with Crippen molar-refractivity contribution in [3.05, 3.63) is 0 Å². The summed E-state index contributed by atoms with van der Waals surface area (Å²) >= 11 is 0. The zero-order valence-corrected chi connectivity index (χ0v) is 26.4. The maximum absolute atomic E-state index is 10.8. The molecule has 3 heterocycles. The molecule has 0 aliphatic carbocycles. The average molecular weight is 631 g/mol. The minimum absolute atomic E-state index is 0.0821. The summed E-state index contributed by atoms with van der Waals surface area (Å²) in [6, 6.07) is 0. The van der Waals surface area contributed by atoms with E-state index in [0.29, 0.717) is 0 Å². The van der Waals surface area contributed by atoms with Crippen molar-refractivity contribution in [3.8, 4) is 0 Å². The molecule has 2 N–H and O–H groups in total. The molecular weight excluding hydrogens is 580 g/mol. The van der Waals surface area contributed by atoms with E-state index in [0.717, 1.165) is 0 Å². The van der Waals surface area contributed by atoms with Gasteiger partial charge in [-0.25, -0.2) is 0 Å². The van der Waals surface area contributed by atoms with Crippen LogP contribution in [0.1, 0.15) is 0 Å². The Labute approximate surface area is 252 Å². The van der Waals surface area contributed by atoms with Gasteiger partial charge in [-0.2, -0.15) is 0 Å². The van der Waals surface area contributed by atoms with Crippen molar-refractivity contribution in [1.82, 2.24) is 0 Å². The van der Waals surface area contributed by atoms with Crippen molar-refractivity contribution in [1.29, 1.82) is 0 Å². The van der Waals surface area contributed by atoms with Gasteiger partial charge in [0, 0.05) is 64.0 Å². The van der Waals surface area contributed by atoms with Gasteiger partial charge in [-0.05, 0) is 0 Å². The van der Waals surface area contributed by atoms with Crippen LogP contribution in [0.3, 0.4) is 0 Å². The number of aliphatic hydroxyl groups is 2. The maximum atomic E-state index is 10.8. The largest absolute Gasteiger partial charge is 0.387 e. The smallest absolute Gasteiger partial charge is 0.187 e. The Bertz CT molecular complexity index is 779. The van der Waals surface area contributed by atoms with Crippen LogP contribution in [-0.2, 0) is 66.3 Å². The van der Waals surface area contributed by atoms with Crippen molar-refractivity contribution in [2.75, 3.05) is 83.8 Å². The Kier molecular flexibility index (Phi) is 15.3. The molecule has 15 atom stereocenters. The molecule has 0 aromatic rings. The van der Waals surface area contributed by atoms with Crippen molar-refractivity contribution in [3.63, 3.8) is 0 Å². The highest BCUT2D eigenvalue weighted by molar-refractivity contribution is 4.98. The molecule has 0 aromatic heterocycles. The molecule has 43 heavy (non-hydrogen) atoms. The Morgan fingerprint density at radius 2 is 0.791 bits per heavy atom. The number of methoxy groups -OCH3 is 9. The maximum Gasteiger partial charge on any atom is 0.187 e. The molecule has 3 rings (SSSR count). The monoisotopic (exact) mass is 630 g/mol. The first-order chi connectivity index (χ1) is 20.8. The van der Waals surface area contributed by atoms with Crippen LogP contribution in [-0.4, -0.2) is 186 Å². The zero-order valence-electron chi connectivity index (χ0n) is 26.4. The molecule has 3 aliphatic rings. The summed E-state index contributed by atoms with van der Waals surface area (Å²) in [5.41, 5.74) is 0. The van der Waals surface area contributed by atoms with Crippen molar-refractivity contribution >= 4 is 0 Å². The minimum atomic E-state index is -1.27. The van der Waals surface area contributed by atoms with Gasteiger partial charge in [-0.15, -0.1) is 0 Å². The number of hydrogen-bond acceptors (Lipinski definition) is 16. The van der Waals surface area contributed by atoms with E-state index in [2.05, 4.69) is 0 Å². The second-order valence-electron chi connectivity index (χ2n) is 10.4. The number of rotatable bonds is 16. The Hall–Kier alpha value is -0.640. The topological polar surface area (TPSA) is 170 Å². The Balaban J connectivity index is 1.91. The Morgan fingerprint density at radius 1 is 0.419 bits per heavy atom. The molecule has 16 nitrogen and oxygen atoms in total. The summed E-state index contributed by atoms with van der Waals surface area (Å²) in [4.78, 5) is 0. The number of hydrogen-bond donors (Lipinski definition) is 2. The van der Waals surface area contributed by atoms with E-state index in [-0.39, 0.29) is 19.8 Å². The first-order valence-electron chi connectivity index (χ1n) is 14.1. The van der Waals surface area contributed by atoms with Crippen LogP contribution in [0.4, 0.5) is 0 Å². The van der Waals surface area contributed by atoms with Gasteiger partial charge in [0.05, 0.1) is 19.8 Å². The third kappa shape index (κ3) is 8.21. The highest BCUT2D eigenvalue weighted by Gasteiger charge is 2.55. The normalized spacial score (nSPS) is 44.0. The van der Waals surface area contributed by atoms with Crippen molar-refractivity contribution in [2.24, 2.45) is 0 Å². The van der Waals surface area contributed by atoms with E-state index in [1.54, 1.807) is 0 Å². The SMILES string of the molecule is COC[C@H]1O[C@H](O[C@H]2[C@H](OC)[C@@H](OC)[C@@H](O[C@H]3[C@H](OC)[C@@H](OC)[C@@H](O)O[C@@H]3COC)O[C@@H]2COC)[C@H](OC)[C@@H](OC)[C@@H]1O. The highest BCUT2D eigenvalue weighted by atomic mass is 16.8. The van der Waals surface area contributed by atoms with Crippen LogP contribution in [0.25, 0.3) is 0 Å². The van der Waals surface area contributed by atoms with Gasteiger partial charge in [0.2, 0.25) is 0 Å². The van der Waals surface area contributed by atoms with Crippen LogP contribution in [0, 0.1) is 0 Å². The van der Waals surface area contributed by atoms with Gasteiger partial charge >= 0.3 is 0 Å². The van der Waals surface area contributed by atoms with Crippen molar-refractivity contribution < 1.29 is 76.5 Å². The average Bonchev–Trinajstić information content (AvgIpc) is 3.00. The third-order valence-electron chi connectivity index (χ3n) is 8.03. The molecule has 0 unspecified atom stereocenters. The van der Waals surface area contributed by atoms with Crippen LogP contribution >= 0.6 is 0 Å². The van der Waals surface area contributed by atoms with Crippen LogP contribution < -0.4 is 0 Å². The van der Waals surface area contributed by atoms with Gasteiger partial charge in [0.25, 0.3) is 0 Å². The van der Waals surface area contributed by atoms with Crippen LogP contribution in [0.5, 0.6) is 0 Å². The summed E-state index contributed by atoms with van der Waals surface area (Å²) in [5, 5.41) is 21.3. The van der Waals surface area contributed by atoms with E-state index in [9.17, 15) is 10.2 Å². The summed E-state index contributed by atoms with van der Waals surface area (Å²) in [7, 11) is 13.4. The van der Waals surface area contributed by atoms with E-state index in [1.165, 1.54) is 64.0 Å². The molecular formula is C27H50O16. The number of aliphatic hydroxyl groups excluding tert-OH is 2. The lowest BCUT2D eigenvalue weighted by atomic mass is 9.95. The van der Waals surface area contributed by atoms with E-state index in [1.807, 2.05) is 0 Å². The Morgan fingerprint density at radius 3 is 1.23 bits per heavy atom. The molecule has 3 saturated heterocycles. The van der Waals surface area contributed by atoms with E-state index in [4.69, 9.17) is 66.3 Å². The fourth-order valence-corrected chi connectivity index (χ4v) is 5.98. The van der Waals surface area contributed by atoms with Gasteiger partial charge in [-0.1, -0.05) is 0 Å². The summed E-state index contributed by atoms with van der Waals surface area (Å²) in [6.07, 6.45) is -13.0. The fraction of sp³-hybridized carbons (Fsp3) is 1.00. The molecule has 3 aliphatic heterocycles. The molecule has 0 saturated carbocycles. The van der Waals surface area contributed by atoms with Gasteiger partial charge in [0.15, 0.2) is 18.9 Å². The lowest BCUT2D eigenvalue weighted by Gasteiger charge is -2.50. The van der Waals surface area contributed by atoms with E-state index >= 15 is 0 Å². The van der Waals surface area contributed by atoms with Gasteiger partial charge < -0.3 is 76.5 Å². The highest BCUT2D eigenvalue weighted by Crippen LogP contribution is 2.36. The van der Waals surface area contributed by atoms with E-state index < -0.39 is 92.1 Å². The lowest BCUT2D eigenvalue weighted by molar-refractivity contribution is -0.384. The quantitative estimate of drug-likeness (QED) is 0.198. The summed E-state index contributed by atoms with van der Waals surface area (Å²) in [6.45, 7) is 0.267. The van der Waals surface area contributed by atoms with Crippen LogP contribution in [0.15, 0.2) is 0 Å². The standard InChI is InChI=1S/C27H50O16/c1-30-10-13-16(28)19(33-4)23(37-8)26(40-13)43-18-15(12-32-3)41-27(24(38-9)21(18)35-6)42-17-14(11-31-2)39-25(29)22(36-7)20(17)34-5/h13-29H,10-12H2,1-9H3/t13-,14-,15-,16-,17-,18-,19+,20+,21+,22-,23-,24-,25+,26-,27-/m1/s1. The minimum Gasteiger partial charge on any atom is -0.387 e. The fourth-order valence-electron chi connectivity index (χ4n) is 5.98. The third-order valence-corrected chi connectivity index (χ3v) is 8.03. The zero-order chi connectivity index (χ0) is 31.7. The molecule has 0 bridgehead atoms.